The third-order valence-electron chi connectivity index (χ3n) is 8.01. The van der Waals surface area contributed by atoms with Crippen molar-refractivity contribution in [2.75, 3.05) is 6.61 Å². The van der Waals surface area contributed by atoms with Crippen molar-refractivity contribution in [3.63, 3.8) is 0 Å². The highest BCUT2D eigenvalue weighted by molar-refractivity contribution is 9.10. The van der Waals surface area contributed by atoms with Gasteiger partial charge in [0.15, 0.2) is 11.6 Å². The number of rotatable bonds is 2. The zero-order chi connectivity index (χ0) is 18.9. The first-order chi connectivity index (χ1) is 12.2. The molecule has 26 heavy (non-hydrogen) atoms. The molecule has 0 amide bonds. The van der Waals surface area contributed by atoms with Gasteiger partial charge in [0.05, 0.1) is 4.32 Å². The van der Waals surface area contributed by atoms with Crippen LogP contribution in [0.4, 0.5) is 0 Å². The molecule has 0 radical (unpaired) electrons. The smallest absolute Gasteiger partial charge is 0.178 e. The number of fused-ring (bicyclic) bond motifs is 5. The summed E-state index contributed by atoms with van der Waals surface area (Å²) < 4.78 is -0.656. The Balaban J connectivity index is 1.79. The zero-order valence-electron chi connectivity index (χ0n) is 15.7. The van der Waals surface area contributed by atoms with Gasteiger partial charge in [-0.1, -0.05) is 53.1 Å². The molecular formula is C22H27BrO3. The maximum absolute atomic E-state index is 12.7. The lowest BCUT2D eigenvalue weighted by Crippen LogP contribution is -2.53. The number of Topliss-reactive ketones (excluding diaryl/α,β-unsaturated/α-hetero) is 1. The molecule has 1 N–H and O–H groups in total. The minimum Gasteiger partial charge on any atom is -0.389 e. The van der Waals surface area contributed by atoms with Gasteiger partial charge in [-0.2, -0.15) is 0 Å². The van der Waals surface area contributed by atoms with Gasteiger partial charge in [0.25, 0.3) is 0 Å². The summed E-state index contributed by atoms with van der Waals surface area (Å²) in [6.07, 6.45) is 11.8. The number of ketones is 2. The van der Waals surface area contributed by atoms with Crippen LogP contribution < -0.4 is 0 Å². The van der Waals surface area contributed by atoms with E-state index in [1.165, 1.54) is 11.1 Å². The molecule has 1 unspecified atom stereocenters. The lowest BCUT2D eigenvalue weighted by Gasteiger charge is -2.53. The van der Waals surface area contributed by atoms with Gasteiger partial charge in [-0.15, -0.1) is 0 Å². The SMILES string of the molecule is CC1C[C@H]2[C@@H]3CCC4=CC(=O)C=C[C@]4(C)C3=CC[C@]2(C)[C@@]1(Br)C(=O)CO. The lowest BCUT2D eigenvalue weighted by atomic mass is 9.52. The van der Waals surface area contributed by atoms with Gasteiger partial charge < -0.3 is 5.11 Å². The van der Waals surface area contributed by atoms with Crippen LogP contribution in [-0.2, 0) is 9.59 Å². The second kappa shape index (κ2) is 5.75. The van der Waals surface area contributed by atoms with Crippen LogP contribution in [0.2, 0.25) is 0 Å². The molecule has 4 aliphatic rings. The highest BCUT2D eigenvalue weighted by atomic mass is 79.9. The predicted molar refractivity (Wildman–Crippen MR) is 105 cm³/mol. The van der Waals surface area contributed by atoms with E-state index in [0.717, 1.165) is 25.7 Å². The van der Waals surface area contributed by atoms with Crippen LogP contribution in [0.3, 0.4) is 0 Å². The van der Waals surface area contributed by atoms with E-state index in [1.54, 1.807) is 6.08 Å². The molecule has 0 aromatic rings. The van der Waals surface area contributed by atoms with Crippen molar-refractivity contribution in [2.45, 2.75) is 50.8 Å². The van der Waals surface area contributed by atoms with Crippen molar-refractivity contribution in [3.05, 3.63) is 35.5 Å². The highest BCUT2D eigenvalue weighted by Gasteiger charge is 2.66. The molecule has 140 valence electrons. The Bertz CT molecular complexity index is 778. The number of carbonyl (C=O) groups excluding carboxylic acids is 2. The molecule has 2 fully saturated rings. The number of halogens is 1. The maximum Gasteiger partial charge on any atom is 0.178 e. The minimum absolute atomic E-state index is 0.0855. The molecule has 2 saturated carbocycles. The standard InChI is InChI=1S/C22H27BrO3/c1-13-10-18-16-5-4-14-11-15(25)6-8-20(14,2)17(16)7-9-21(18,3)22(13,23)19(26)12-24/h6-8,11,13,16,18,24H,4-5,9-10,12H2,1-3H3/t13?,16-,18+,20+,21+,22+/m1/s1. The fourth-order valence-corrected chi connectivity index (χ4v) is 7.31. The van der Waals surface area contributed by atoms with Gasteiger partial charge in [-0.3, -0.25) is 9.59 Å². The summed E-state index contributed by atoms with van der Waals surface area (Å²) in [5.41, 5.74) is 2.33. The van der Waals surface area contributed by atoms with Gasteiger partial charge in [0.2, 0.25) is 0 Å². The summed E-state index contributed by atoms with van der Waals surface area (Å²) in [4.78, 5) is 24.6. The number of allylic oxidation sites excluding steroid dienone is 6. The first-order valence-electron chi connectivity index (χ1n) is 9.66. The Kier molecular flexibility index (Phi) is 4.06. The normalized spacial score (nSPS) is 46.8. The van der Waals surface area contributed by atoms with Crippen LogP contribution in [0.1, 0.15) is 46.5 Å². The van der Waals surface area contributed by atoms with Gasteiger partial charge in [0, 0.05) is 5.41 Å². The van der Waals surface area contributed by atoms with E-state index in [9.17, 15) is 14.7 Å². The molecule has 0 bridgehead atoms. The highest BCUT2D eigenvalue weighted by Crippen LogP contribution is 2.68. The van der Waals surface area contributed by atoms with Crippen LogP contribution in [0, 0.1) is 28.6 Å². The molecule has 0 saturated heterocycles. The number of hydrogen-bond donors (Lipinski definition) is 1. The molecule has 0 heterocycles. The summed E-state index contributed by atoms with van der Waals surface area (Å²) in [6.45, 7) is 6.20. The van der Waals surface area contributed by atoms with Crippen molar-refractivity contribution in [3.8, 4) is 0 Å². The fraction of sp³-hybridized carbons (Fsp3) is 0.636. The third-order valence-corrected chi connectivity index (χ3v) is 10.1. The quantitative estimate of drug-likeness (QED) is 0.540. The first-order valence-corrected chi connectivity index (χ1v) is 10.5. The van der Waals surface area contributed by atoms with E-state index in [1.807, 2.05) is 6.08 Å². The van der Waals surface area contributed by atoms with E-state index >= 15 is 0 Å². The second-order valence-corrected chi connectivity index (χ2v) is 10.3. The van der Waals surface area contributed by atoms with Crippen LogP contribution in [0.25, 0.3) is 0 Å². The van der Waals surface area contributed by atoms with Crippen molar-refractivity contribution in [1.82, 2.24) is 0 Å². The van der Waals surface area contributed by atoms with Crippen LogP contribution in [0.5, 0.6) is 0 Å². The van der Waals surface area contributed by atoms with Crippen LogP contribution in [-0.4, -0.2) is 27.6 Å². The summed E-state index contributed by atoms with van der Waals surface area (Å²) in [5, 5.41) is 9.59. The zero-order valence-corrected chi connectivity index (χ0v) is 17.3. The fourth-order valence-electron chi connectivity index (χ4n) is 6.55. The summed E-state index contributed by atoms with van der Waals surface area (Å²) in [7, 11) is 0. The molecule has 0 aliphatic heterocycles. The molecule has 0 aromatic heterocycles. The molecule has 6 atom stereocenters. The van der Waals surface area contributed by atoms with Crippen LogP contribution in [0.15, 0.2) is 35.5 Å². The van der Waals surface area contributed by atoms with Gasteiger partial charge in [0.1, 0.15) is 6.61 Å². The predicted octanol–water partition coefficient (Wildman–Crippen LogP) is 4.16. The Morgan fingerprint density at radius 2 is 2.12 bits per heavy atom. The molecule has 4 heteroatoms. The van der Waals surface area contributed by atoms with Crippen LogP contribution >= 0.6 is 15.9 Å². The Hall–Kier alpha value is -1.00. The number of aliphatic hydroxyl groups excluding tert-OH is 1. The Labute approximate surface area is 163 Å². The van der Waals surface area contributed by atoms with Gasteiger partial charge in [-0.05, 0) is 67.9 Å². The van der Waals surface area contributed by atoms with Crippen molar-refractivity contribution >= 4 is 27.5 Å². The van der Waals surface area contributed by atoms with Crippen molar-refractivity contribution < 1.29 is 14.7 Å². The second-order valence-electron chi connectivity index (χ2n) is 9.07. The van der Waals surface area contributed by atoms with Crippen molar-refractivity contribution in [2.24, 2.45) is 28.6 Å². The third kappa shape index (κ3) is 2.09. The molecule has 3 nitrogen and oxygen atoms in total. The summed E-state index contributed by atoms with van der Waals surface area (Å²) in [5.74, 6) is 1.05. The number of hydrogen-bond acceptors (Lipinski definition) is 3. The van der Waals surface area contributed by atoms with E-state index in [0.29, 0.717) is 11.8 Å². The number of alkyl halides is 1. The van der Waals surface area contributed by atoms with E-state index < -0.39 is 10.9 Å². The molecule has 0 spiro atoms. The van der Waals surface area contributed by atoms with E-state index in [4.69, 9.17) is 0 Å². The summed E-state index contributed by atoms with van der Waals surface area (Å²) >= 11 is 3.83. The summed E-state index contributed by atoms with van der Waals surface area (Å²) in [6, 6.07) is 0. The van der Waals surface area contributed by atoms with Gasteiger partial charge in [-0.25, -0.2) is 0 Å². The molecule has 0 aromatic carbocycles. The monoisotopic (exact) mass is 418 g/mol. The van der Waals surface area contributed by atoms with Crippen molar-refractivity contribution in [1.29, 1.82) is 0 Å². The molecule has 4 aliphatic carbocycles. The Morgan fingerprint density at radius 1 is 1.38 bits per heavy atom. The maximum atomic E-state index is 12.7. The number of aliphatic hydroxyl groups is 1. The first kappa shape index (κ1) is 18.4. The largest absolute Gasteiger partial charge is 0.389 e. The number of carbonyl (C=O) groups is 2. The average molecular weight is 419 g/mol. The minimum atomic E-state index is -0.656. The van der Waals surface area contributed by atoms with E-state index in [-0.39, 0.29) is 28.3 Å². The topological polar surface area (TPSA) is 54.4 Å². The average Bonchev–Trinajstić information content (AvgIpc) is 2.83. The lowest BCUT2D eigenvalue weighted by molar-refractivity contribution is -0.128. The Morgan fingerprint density at radius 3 is 2.81 bits per heavy atom. The van der Waals surface area contributed by atoms with E-state index in [2.05, 4.69) is 48.9 Å². The molecule has 4 rings (SSSR count). The molecular weight excluding hydrogens is 392 g/mol. The van der Waals surface area contributed by atoms with Gasteiger partial charge >= 0.3 is 0 Å².